The average molecular weight is 201 g/mol. The third-order valence-electron chi connectivity index (χ3n) is 2.50. The normalized spacial score (nSPS) is 13.1. The zero-order valence-electron chi connectivity index (χ0n) is 10.1. The molecule has 0 amide bonds. The maximum absolute atomic E-state index is 5.02. The van der Waals surface area contributed by atoms with Crippen molar-refractivity contribution in [1.29, 1.82) is 0 Å². The summed E-state index contributed by atoms with van der Waals surface area (Å²) in [7, 11) is 1.76. The van der Waals surface area contributed by atoms with Crippen LogP contribution in [0.15, 0.2) is 0 Å². The fourth-order valence-corrected chi connectivity index (χ4v) is 1.67. The molecule has 0 bridgehead atoms. The van der Waals surface area contributed by atoms with E-state index in [1.54, 1.807) is 7.11 Å². The minimum atomic E-state index is 0.733. The predicted molar refractivity (Wildman–Crippen MR) is 62.7 cm³/mol. The number of rotatable bonds is 10. The van der Waals surface area contributed by atoms with E-state index in [4.69, 9.17) is 4.74 Å². The molecule has 0 aromatic carbocycles. The number of hydrogen-bond acceptors (Lipinski definition) is 2. The van der Waals surface area contributed by atoms with Gasteiger partial charge in [-0.1, -0.05) is 33.1 Å². The SMILES string of the molecule is CCCCC(CCC)NCCCOC. The molecule has 0 aliphatic carbocycles. The molecule has 2 heteroatoms. The molecule has 0 saturated carbocycles. The monoisotopic (exact) mass is 201 g/mol. The van der Waals surface area contributed by atoms with Crippen molar-refractivity contribution in [2.45, 2.75) is 58.4 Å². The summed E-state index contributed by atoms with van der Waals surface area (Å²) < 4.78 is 5.02. The van der Waals surface area contributed by atoms with E-state index in [0.29, 0.717) is 0 Å². The van der Waals surface area contributed by atoms with Crippen LogP contribution in [0.5, 0.6) is 0 Å². The average Bonchev–Trinajstić information content (AvgIpc) is 2.20. The van der Waals surface area contributed by atoms with Crippen LogP contribution in [-0.4, -0.2) is 26.3 Å². The molecule has 0 saturated heterocycles. The Morgan fingerprint density at radius 3 is 2.43 bits per heavy atom. The van der Waals surface area contributed by atoms with Crippen LogP contribution in [-0.2, 0) is 4.74 Å². The summed E-state index contributed by atoms with van der Waals surface area (Å²) in [5, 5.41) is 3.61. The second-order valence-corrected chi connectivity index (χ2v) is 3.93. The summed E-state index contributed by atoms with van der Waals surface area (Å²) in [6.45, 7) is 6.49. The molecule has 0 aromatic rings. The Morgan fingerprint density at radius 1 is 1.07 bits per heavy atom. The quantitative estimate of drug-likeness (QED) is 0.549. The molecule has 0 spiro atoms. The minimum Gasteiger partial charge on any atom is -0.385 e. The Morgan fingerprint density at radius 2 is 1.86 bits per heavy atom. The van der Waals surface area contributed by atoms with Crippen LogP contribution in [0.25, 0.3) is 0 Å². The lowest BCUT2D eigenvalue weighted by Crippen LogP contribution is -2.30. The van der Waals surface area contributed by atoms with Gasteiger partial charge in [0, 0.05) is 19.8 Å². The van der Waals surface area contributed by atoms with Gasteiger partial charge in [0.2, 0.25) is 0 Å². The van der Waals surface area contributed by atoms with Gasteiger partial charge in [-0.3, -0.25) is 0 Å². The Hall–Kier alpha value is -0.0800. The fourth-order valence-electron chi connectivity index (χ4n) is 1.67. The van der Waals surface area contributed by atoms with Crippen LogP contribution >= 0.6 is 0 Å². The first-order valence-corrected chi connectivity index (χ1v) is 6.07. The lowest BCUT2D eigenvalue weighted by Gasteiger charge is -2.17. The van der Waals surface area contributed by atoms with Gasteiger partial charge in [-0.25, -0.2) is 0 Å². The molecular formula is C12H27NO. The molecule has 0 fully saturated rings. The molecule has 86 valence electrons. The first-order valence-electron chi connectivity index (χ1n) is 6.07. The molecule has 0 aromatic heterocycles. The van der Waals surface area contributed by atoms with Crippen molar-refractivity contribution < 1.29 is 4.74 Å². The molecular weight excluding hydrogens is 174 g/mol. The Labute approximate surface area is 89.4 Å². The second-order valence-electron chi connectivity index (χ2n) is 3.93. The molecule has 1 N–H and O–H groups in total. The van der Waals surface area contributed by atoms with Gasteiger partial charge in [0.15, 0.2) is 0 Å². The molecule has 1 atom stereocenters. The van der Waals surface area contributed by atoms with Gasteiger partial charge in [0.25, 0.3) is 0 Å². The van der Waals surface area contributed by atoms with E-state index in [2.05, 4.69) is 19.2 Å². The van der Waals surface area contributed by atoms with Gasteiger partial charge in [-0.2, -0.15) is 0 Å². The number of nitrogens with one attached hydrogen (secondary N) is 1. The fraction of sp³-hybridized carbons (Fsp3) is 1.00. The third-order valence-corrected chi connectivity index (χ3v) is 2.50. The maximum atomic E-state index is 5.02. The van der Waals surface area contributed by atoms with Crippen LogP contribution < -0.4 is 5.32 Å². The van der Waals surface area contributed by atoms with Gasteiger partial charge in [-0.05, 0) is 25.8 Å². The lowest BCUT2D eigenvalue weighted by atomic mass is 10.1. The summed E-state index contributed by atoms with van der Waals surface area (Å²) in [6.07, 6.45) is 7.71. The predicted octanol–water partition coefficient (Wildman–Crippen LogP) is 2.97. The highest BCUT2D eigenvalue weighted by Gasteiger charge is 2.04. The highest BCUT2D eigenvalue weighted by molar-refractivity contribution is 4.65. The summed E-state index contributed by atoms with van der Waals surface area (Å²) in [4.78, 5) is 0. The highest BCUT2D eigenvalue weighted by atomic mass is 16.5. The number of unbranched alkanes of at least 4 members (excludes halogenated alkanes) is 1. The van der Waals surface area contributed by atoms with Crippen molar-refractivity contribution in [3.63, 3.8) is 0 Å². The Balaban J connectivity index is 3.40. The molecule has 0 aliphatic heterocycles. The van der Waals surface area contributed by atoms with Crippen molar-refractivity contribution in [3.8, 4) is 0 Å². The van der Waals surface area contributed by atoms with Gasteiger partial charge >= 0.3 is 0 Å². The molecule has 0 radical (unpaired) electrons. The van der Waals surface area contributed by atoms with Crippen molar-refractivity contribution in [2.24, 2.45) is 0 Å². The summed E-state index contributed by atoms with van der Waals surface area (Å²) in [6, 6.07) is 0.733. The van der Waals surface area contributed by atoms with Crippen molar-refractivity contribution in [1.82, 2.24) is 5.32 Å². The van der Waals surface area contributed by atoms with Crippen LogP contribution in [0, 0.1) is 0 Å². The van der Waals surface area contributed by atoms with E-state index in [0.717, 1.165) is 25.6 Å². The van der Waals surface area contributed by atoms with Crippen molar-refractivity contribution in [3.05, 3.63) is 0 Å². The topological polar surface area (TPSA) is 21.3 Å². The maximum Gasteiger partial charge on any atom is 0.0474 e. The third kappa shape index (κ3) is 8.52. The standard InChI is InChI=1S/C12H27NO/c1-4-6-9-12(8-5-2)13-10-7-11-14-3/h12-13H,4-11H2,1-3H3. The van der Waals surface area contributed by atoms with E-state index < -0.39 is 0 Å². The molecule has 14 heavy (non-hydrogen) atoms. The summed E-state index contributed by atoms with van der Waals surface area (Å²) in [5.74, 6) is 0. The van der Waals surface area contributed by atoms with Gasteiger partial charge in [-0.15, -0.1) is 0 Å². The van der Waals surface area contributed by atoms with Crippen LogP contribution in [0.1, 0.15) is 52.4 Å². The molecule has 0 heterocycles. The molecule has 0 aliphatic rings. The van der Waals surface area contributed by atoms with Crippen molar-refractivity contribution >= 4 is 0 Å². The first-order chi connectivity index (χ1) is 6.85. The lowest BCUT2D eigenvalue weighted by molar-refractivity contribution is 0.192. The van der Waals surface area contributed by atoms with Crippen LogP contribution in [0.4, 0.5) is 0 Å². The molecule has 0 rings (SSSR count). The van der Waals surface area contributed by atoms with Crippen LogP contribution in [0.2, 0.25) is 0 Å². The van der Waals surface area contributed by atoms with Gasteiger partial charge in [0.05, 0.1) is 0 Å². The van der Waals surface area contributed by atoms with Crippen molar-refractivity contribution in [2.75, 3.05) is 20.3 Å². The second kappa shape index (κ2) is 11.0. The largest absolute Gasteiger partial charge is 0.385 e. The molecule has 2 nitrogen and oxygen atoms in total. The zero-order valence-corrected chi connectivity index (χ0v) is 10.1. The van der Waals surface area contributed by atoms with Gasteiger partial charge in [0.1, 0.15) is 0 Å². The summed E-state index contributed by atoms with van der Waals surface area (Å²) in [5.41, 5.74) is 0. The summed E-state index contributed by atoms with van der Waals surface area (Å²) >= 11 is 0. The van der Waals surface area contributed by atoms with E-state index in [1.807, 2.05) is 0 Å². The van der Waals surface area contributed by atoms with Crippen LogP contribution in [0.3, 0.4) is 0 Å². The zero-order chi connectivity index (χ0) is 10.6. The Kier molecular flexibility index (Phi) is 10.9. The smallest absolute Gasteiger partial charge is 0.0474 e. The van der Waals surface area contributed by atoms with E-state index in [9.17, 15) is 0 Å². The highest BCUT2D eigenvalue weighted by Crippen LogP contribution is 2.06. The Bertz CT molecular complexity index is 106. The number of methoxy groups -OCH3 is 1. The van der Waals surface area contributed by atoms with E-state index >= 15 is 0 Å². The van der Waals surface area contributed by atoms with Gasteiger partial charge < -0.3 is 10.1 Å². The number of hydrogen-bond donors (Lipinski definition) is 1. The van der Waals surface area contributed by atoms with E-state index in [-0.39, 0.29) is 0 Å². The first kappa shape index (κ1) is 13.9. The minimum absolute atomic E-state index is 0.733. The van der Waals surface area contributed by atoms with E-state index in [1.165, 1.54) is 32.1 Å². The number of ether oxygens (including phenoxy) is 1. The molecule has 1 unspecified atom stereocenters.